The largest absolute Gasteiger partial charge is 0.360 e. The molecular weight excluding hydrogens is 240 g/mol. The highest BCUT2D eigenvalue weighted by molar-refractivity contribution is 5.80. The summed E-state index contributed by atoms with van der Waals surface area (Å²) in [6.45, 7) is 4.16. The maximum absolute atomic E-state index is 11.8. The fourth-order valence-corrected chi connectivity index (χ4v) is 2.33. The van der Waals surface area contributed by atoms with Crippen LogP contribution in [0.2, 0.25) is 0 Å². The van der Waals surface area contributed by atoms with Crippen molar-refractivity contribution >= 4 is 11.7 Å². The summed E-state index contributed by atoms with van der Waals surface area (Å²) in [7, 11) is 0. The van der Waals surface area contributed by atoms with E-state index in [1.807, 2.05) is 19.9 Å². The smallest absolute Gasteiger partial charge is 0.239 e. The van der Waals surface area contributed by atoms with Crippen LogP contribution >= 0.6 is 0 Å². The van der Waals surface area contributed by atoms with Crippen molar-refractivity contribution in [2.24, 2.45) is 0 Å². The van der Waals surface area contributed by atoms with E-state index >= 15 is 0 Å². The number of nitrogens with one attached hydrogen (secondary N) is 2. The number of carbonyl (C=O) groups is 1. The van der Waals surface area contributed by atoms with Gasteiger partial charge in [0.25, 0.3) is 0 Å². The van der Waals surface area contributed by atoms with E-state index in [1.54, 1.807) is 0 Å². The van der Waals surface area contributed by atoms with Crippen molar-refractivity contribution < 1.29 is 4.79 Å². The van der Waals surface area contributed by atoms with Crippen molar-refractivity contribution in [2.45, 2.75) is 52.0 Å². The lowest BCUT2D eigenvalue weighted by atomic mass is 9.95. The molecule has 0 radical (unpaired) electrons. The highest BCUT2D eigenvalue weighted by Gasteiger charge is 2.15. The van der Waals surface area contributed by atoms with E-state index in [0.717, 1.165) is 24.1 Å². The Morgan fingerprint density at radius 2 is 2.00 bits per heavy atom. The first-order chi connectivity index (χ1) is 9.15. The standard InChI is InChI=1S/C14H22N4O/c1-10-8-13(18-17-11(10)2)15-9-14(19)16-12-6-4-3-5-7-12/h8,12H,3-7,9H2,1-2H3,(H,15,18)(H,16,19). The van der Waals surface area contributed by atoms with E-state index in [0.29, 0.717) is 11.9 Å². The first-order valence-corrected chi connectivity index (χ1v) is 6.99. The van der Waals surface area contributed by atoms with Gasteiger partial charge in [0.05, 0.1) is 12.2 Å². The van der Waals surface area contributed by atoms with Gasteiger partial charge in [-0.05, 0) is 38.3 Å². The zero-order valence-corrected chi connectivity index (χ0v) is 11.7. The predicted molar refractivity (Wildman–Crippen MR) is 75.0 cm³/mol. The Labute approximate surface area is 114 Å². The van der Waals surface area contributed by atoms with Crippen LogP contribution in [0.15, 0.2) is 6.07 Å². The summed E-state index contributed by atoms with van der Waals surface area (Å²) in [5.41, 5.74) is 1.99. The highest BCUT2D eigenvalue weighted by atomic mass is 16.2. The Kier molecular flexibility index (Phi) is 4.71. The van der Waals surface area contributed by atoms with Gasteiger partial charge in [0.2, 0.25) is 5.91 Å². The van der Waals surface area contributed by atoms with Gasteiger partial charge in [-0.1, -0.05) is 19.3 Å². The summed E-state index contributed by atoms with van der Waals surface area (Å²) in [5.74, 6) is 0.689. The molecule has 19 heavy (non-hydrogen) atoms. The van der Waals surface area contributed by atoms with E-state index in [1.165, 1.54) is 19.3 Å². The van der Waals surface area contributed by atoms with Crippen LogP contribution in [0.5, 0.6) is 0 Å². The molecule has 1 aliphatic carbocycles. The van der Waals surface area contributed by atoms with Crippen LogP contribution in [0.4, 0.5) is 5.82 Å². The number of rotatable bonds is 4. The molecule has 0 unspecified atom stereocenters. The van der Waals surface area contributed by atoms with Gasteiger partial charge in [0.1, 0.15) is 5.82 Å². The molecule has 5 nitrogen and oxygen atoms in total. The second-order valence-electron chi connectivity index (χ2n) is 5.25. The summed E-state index contributed by atoms with van der Waals surface area (Å²) in [6, 6.07) is 2.27. The summed E-state index contributed by atoms with van der Waals surface area (Å²) < 4.78 is 0. The molecule has 0 aromatic carbocycles. The average molecular weight is 262 g/mol. The quantitative estimate of drug-likeness (QED) is 0.870. The van der Waals surface area contributed by atoms with Crippen LogP contribution in [-0.2, 0) is 4.79 Å². The maximum atomic E-state index is 11.8. The monoisotopic (exact) mass is 262 g/mol. The topological polar surface area (TPSA) is 66.9 Å². The van der Waals surface area contributed by atoms with Gasteiger partial charge in [-0.2, -0.15) is 5.10 Å². The van der Waals surface area contributed by atoms with Gasteiger partial charge in [0.15, 0.2) is 0 Å². The molecule has 1 fully saturated rings. The number of carbonyl (C=O) groups excluding carboxylic acids is 1. The van der Waals surface area contributed by atoms with Gasteiger partial charge >= 0.3 is 0 Å². The molecule has 1 heterocycles. The van der Waals surface area contributed by atoms with Crippen molar-refractivity contribution in [2.75, 3.05) is 11.9 Å². The third kappa shape index (κ3) is 4.19. The first-order valence-electron chi connectivity index (χ1n) is 6.99. The Hall–Kier alpha value is -1.65. The Morgan fingerprint density at radius 3 is 2.68 bits per heavy atom. The van der Waals surface area contributed by atoms with Crippen LogP contribution in [0.1, 0.15) is 43.4 Å². The number of nitrogens with zero attached hydrogens (tertiary/aromatic N) is 2. The van der Waals surface area contributed by atoms with Gasteiger partial charge < -0.3 is 10.6 Å². The van der Waals surface area contributed by atoms with Gasteiger partial charge in [-0.25, -0.2) is 0 Å². The second-order valence-corrected chi connectivity index (χ2v) is 5.25. The van der Waals surface area contributed by atoms with Gasteiger partial charge in [-0.3, -0.25) is 4.79 Å². The molecule has 0 saturated heterocycles. The van der Waals surface area contributed by atoms with Gasteiger partial charge in [0, 0.05) is 6.04 Å². The minimum atomic E-state index is 0.0342. The van der Waals surface area contributed by atoms with Crippen LogP contribution in [0.25, 0.3) is 0 Å². The molecular formula is C14H22N4O. The molecule has 1 amide bonds. The van der Waals surface area contributed by atoms with Crippen molar-refractivity contribution in [3.05, 3.63) is 17.3 Å². The lowest BCUT2D eigenvalue weighted by Crippen LogP contribution is -2.39. The molecule has 104 valence electrons. The fraction of sp³-hybridized carbons (Fsp3) is 0.643. The average Bonchev–Trinajstić information content (AvgIpc) is 2.41. The van der Waals surface area contributed by atoms with E-state index in [9.17, 15) is 4.79 Å². The van der Waals surface area contributed by atoms with E-state index in [4.69, 9.17) is 0 Å². The van der Waals surface area contributed by atoms with Crippen molar-refractivity contribution in [1.82, 2.24) is 15.5 Å². The zero-order valence-electron chi connectivity index (χ0n) is 11.7. The molecule has 1 aromatic heterocycles. The Morgan fingerprint density at radius 1 is 1.26 bits per heavy atom. The predicted octanol–water partition coefficient (Wildman–Crippen LogP) is 1.95. The number of hydrogen-bond acceptors (Lipinski definition) is 4. The normalized spacial score (nSPS) is 16.1. The molecule has 5 heteroatoms. The number of amides is 1. The molecule has 0 atom stereocenters. The number of anilines is 1. The minimum absolute atomic E-state index is 0.0342. The van der Waals surface area contributed by atoms with Gasteiger partial charge in [-0.15, -0.1) is 5.10 Å². The molecule has 1 aromatic rings. The van der Waals surface area contributed by atoms with Crippen molar-refractivity contribution in [3.63, 3.8) is 0 Å². The number of aromatic nitrogens is 2. The minimum Gasteiger partial charge on any atom is -0.360 e. The molecule has 2 N–H and O–H groups in total. The molecule has 2 rings (SSSR count). The summed E-state index contributed by atoms with van der Waals surface area (Å²) in [4.78, 5) is 11.8. The lowest BCUT2D eigenvalue weighted by Gasteiger charge is -2.22. The molecule has 0 spiro atoms. The van der Waals surface area contributed by atoms with Crippen LogP contribution < -0.4 is 10.6 Å². The molecule has 1 aliphatic rings. The van der Waals surface area contributed by atoms with Crippen LogP contribution in [0, 0.1) is 13.8 Å². The second kappa shape index (κ2) is 6.50. The van der Waals surface area contributed by atoms with E-state index in [2.05, 4.69) is 20.8 Å². The lowest BCUT2D eigenvalue weighted by molar-refractivity contribution is -0.120. The Bertz CT molecular complexity index is 441. The molecule has 0 aliphatic heterocycles. The maximum Gasteiger partial charge on any atom is 0.239 e. The first kappa shape index (κ1) is 13.8. The Balaban J connectivity index is 1.77. The van der Waals surface area contributed by atoms with Crippen LogP contribution in [0.3, 0.4) is 0 Å². The number of aryl methyl sites for hydroxylation is 2. The van der Waals surface area contributed by atoms with E-state index < -0.39 is 0 Å². The van der Waals surface area contributed by atoms with Crippen LogP contribution in [-0.4, -0.2) is 28.7 Å². The highest BCUT2D eigenvalue weighted by Crippen LogP contribution is 2.17. The third-order valence-corrected chi connectivity index (χ3v) is 3.63. The molecule has 1 saturated carbocycles. The summed E-state index contributed by atoms with van der Waals surface area (Å²) in [5, 5.41) is 14.1. The third-order valence-electron chi connectivity index (χ3n) is 3.63. The zero-order chi connectivity index (χ0) is 13.7. The summed E-state index contributed by atoms with van der Waals surface area (Å²) in [6.07, 6.45) is 5.95. The number of hydrogen-bond donors (Lipinski definition) is 2. The fourth-order valence-electron chi connectivity index (χ4n) is 2.33. The SMILES string of the molecule is Cc1cc(NCC(=O)NC2CCCCC2)nnc1C. The summed E-state index contributed by atoms with van der Waals surface area (Å²) >= 11 is 0. The van der Waals surface area contributed by atoms with Crippen molar-refractivity contribution in [1.29, 1.82) is 0 Å². The van der Waals surface area contributed by atoms with E-state index in [-0.39, 0.29) is 12.5 Å². The molecule has 0 bridgehead atoms. The van der Waals surface area contributed by atoms with Crippen molar-refractivity contribution in [3.8, 4) is 0 Å².